The number of halogens is 1. The van der Waals surface area contributed by atoms with E-state index in [1.165, 1.54) is 7.11 Å². The summed E-state index contributed by atoms with van der Waals surface area (Å²) in [7, 11) is 2.99. The summed E-state index contributed by atoms with van der Waals surface area (Å²) in [5.41, 5.74) is 4.35. The molecule has 1 fully saturated rings. The molecule has 1 amide bonds. The van der Waals surface area contributed by atoms with Gasteiger partial charge in [0.15, 0.2) is 0 Å². The highest BCUT2D eigenvalue weighted by atomic mass is 35.5. The lowest BCUT2D eigenvalue weighted by molar-refractivity contribution is -0.145. The first-order chi connectivity index (χ1) is 15.9. The van der Waals surface area contributed by atoms with Crippen LogP contribution in [0.25, 0.3) is 11.1 Å². The number of ether oxygens (including phenoxy) is 2. The molecule has 4 rings (SSSR count). The van der Waals surface area contributed by atoms with Crippen molar-refractivity contribution in [1.29, 1.82) is 0 Å². The number of esters is 1. The van der Waals surface area contributed by atoms with Crippen LogP contribution >= 0.6 is 11.6 Å². The van der Waals surface area contributed by atoms with Crippen molar-refractivity contribution in [2.75, 3.05) is 14.2 Å². The van der Waals surface area contributed by atoms with Crippen LogP contribution in [-0.2, 0) is 9.53 Å². The van der Waals surface area contributed by atoms with Gasteiger partial charge < -0.3 is 14.4 Å². The topological polar surface area (TPSA) is 55.8 Å². The maximum absolute atomic E-state index is 13.6. The minimum absolute atomic E-state index is 0.226. The van der Waals surface area contributed by atoms with Crippen LogP contribution in [0.4, 0.5) is 0 Å². The van der Waals surface area contributed by atoms with E-state index in [-0.39, 0.29) is 11.9 Å². The molecule has 3 aromatic carbocycles. The number of amides is 1. The summed E-state index contributed by atoms with van der Waals surface area (Å²) in [5.74, 6) is 0.123. The summed E-state index contributed by atoms with van der Waals surface area (Å²) in [4.78, 5) is 27.8. The molecule has 1 aliphatic rings. The molecule has 5 nitrogen and oxygen atoms in total. The number of carbonyl (C=O) groups excluding carboxylic acids is 2. The normalized spacial score (nSPS) is 17.6. The second kappa shape index (κ2) is 9.67. The zero-order chi connectivity index (χ0) is 23.5. The molecule has 0 saturated carbocycles. The number of hydrogen-bond acceptors (Lipinski definition) is 4. The highest BCUT2D eigenvalue weighted by molar-refractivity contribution is 6.31. The molecule has 0 unspecified atom stereocenters. The average molecular weight is 464 g/mol. The predicted octanol–water partition coefficient (Wildman–Crippen LogP) is 5.84. The molecule has 0 aromatic heterocycles. The van der Waals surface area contributed by atoms with Gasteiger partial charge >= 0.3 is 5.97 Å². The maximum Gasteiger partial charge on any atom is 0.328 e. The predicted molar refractivity (Wildman–Crippen MR) is 129 cm³/mol. The van der Waals surface area contributed by atoms with Crippen molar-refractivity contribution in [1.82, 2.24) is 4.90 Å². The SMILES string of the molecule is COC(=O)[C@@H]1CC[C@H](c2ccccc2Cl)N1C(=O)c1ccc(-c2cc(C)ccc2OC)cc1. The summed E-state index contributed by atoms with van der Waals surface area (Å²) < 4.78 is 10.5. The minimum Gasteiger partial charge on any atom is -0.496 e. The Balaban J connectivity index is 1.69. The molecule has 0 N–H and O–H groups in total. The van der Waals surface area contributed by atoms with Crippen molar-refractivity contribution in [2.45, 2.75) is 31.8 Å². The second-order valence-corrected chi connectivity index (χ2v) is 8.55. The number of likely N-dealkylation sites (tertiary alicyclic amines) is 1. The van der Waals surface area contributed by atoms with Crippen LogP contribution in [-0.4, -0.2) is 37.0 Å². The van der Waals surface area contributed by atoms with E-state index in [4.69, 9.17) is 21.1 Å². The van der Waals surface area contributed by atoms with Gasteiger partial charge in [-0.3, -0.25) is 4.79 Å². The molecule has 0 radical (unpaired) electrons. The number of rotatable bonds is 5. The molecule has 170 valence electrons. The van der Waals surface area contributed by atoms with Crippen molar-refractivity contribution in [3.8, 4) is 16.9 Å². The van der Waals surface area contributed by atoms with Gasteiger partial charge in [0.1, 0.15) is 11.8 Å². The Labute approximate surface area is 198 Å². The Kier molecular flexibility index (Phi) is 6.70. The standard InChI is InChI=1S/C27H26ClNO4/c1-17-8-15-25(32-2)21(16-17)18-9-11-19(12-10-18)26(30)29-23(13-14-24(29)27(31)33-3)20-6-4-5-7-22(20)28/h4-12,15-16,23-24H,13-14H2,1-3H3/t23-,24+/m1/s1. The van der Waals surface area contributed by atoms with Crippen molar-refractivity contribution in [3.63, 3.8) is 0 Å². The monoisotopic (exact) mass is 463 g/mol. The smallest absolute Gasteiger partial charge is 0.328 e. The van der Waals surface area contributed by atoms with Gasteiger partial charge in [-0.05, 0) is 61.2 Å². The number of aryl methyl sites for hydroxylation is 1. The fourth-order valence-electron chi connectivity index (χ4n) is 4.50. The third-order valence-corrected chi connectivity index (χ3v) is 6.50. The number of hydrogen-bond donors (Lipinski definition) is 0. The lowest BCUT2D eigenvalue weighted by Crippen LogP contribution is -2.42. The highest BCUT2D eigenvalue weighted by Gasteiger charge is 2.43. The summed E-state index contributed by atoms with van der Waals surface area (Å²) in [6.45, 7) is 2.02. The molecule has 1 aliphatic heterocycles. The number of methoxy groups -OCH3 is 2. The average Bonchev–Trinajstić information content (AvgIpc) is 3.28. The summed E-state index contributed by atoms with van der Waals surface area (Å²) in [6.07, 6.45) is 1.15. The number of carbonyl (C=O) groups is 2. The van der Waals surface area contributed by atoms with Gasteiger partial charge in [0.25, 0.3) is 5.91 Å². The molecule has 0 bridgehead atoms. The van der Waals surface area contributed by atoms with E-state index < -0.39 is 12.0 Å². The highest BCUT2D eigenvalue weighted by Crippen LogP contribution is 2.40. The van der Waals surface area contributed by atoms with E-state index in [1.807, 2.05) is 49.4 Å². The number of benzene rings is 3. The Morgan fingerprint density at radius 3 is 2.36 bits per heavy atom. The van der Waals surface area contributed by atoms with Crippen molar-refractivity contribution < 1.29 is 19.1 Å². The zero-order valence-corrected chi connectivity index (χ0v) is 19.6. The summed E-state index contributed by atoms with van der Waals surface area (Å²) in [5, 5.41) is 0.577. The fraction of sp³-hybridized carbons (Fsp3) is 0.259. The number of nitrogens with zero attached hydrogens (tertiary/aromatic N) is 1. The van der Waals surface area contributed by atoms with Gasteiger partial charge in [0.05, 0.1) is 20.3 Å². The largest absolute Gasteiger partial charge is 0.496 e. The Morgan fingerprint density at radius 2 is 1.70 bits per heavy atom. The van der Waals surface area contributed by atoms with E-state index in [2.05, 4.69) is 6.07 Å². The zero-order valence-electron chi connectivity index (χ0n) is 18.9. The molecule has 1 saturated heterocycles. The first kappa shape index (κ1) is 22.9. The third kappa shape index (κ3) is 4.46. The minimum atomic E-state index is -0.652. The quantitative estimate of drug-likeness (QED) is 0.446. The van der Waals surface area contributed by atoms with Crippen LogP contribution in [0, 0.1) is 6.92 Å². The van der Waals surface area contributed by atoms with Crippen LogP contribution in [0.15, 0.2) is 66.7 Å². The van der Waals surface area contributed by atoms with Crippen LogP contribution in [0.2, 0.25) is 5.02 Å². The molecule has 0 aliphatic carbocycles. The van der Waals surface area contributed by atoms with Crippen molar-refractivity contribution in [3.05, 3.63) is 88.4 Å². The molecule has 2 atom stereocenters. The first-order valence-corrected chi connectivity index (χ1v) is 11.2. The van der Waals surface area contributed by atoms with Gasteiger partial charge in [-0.1, -0.05) is 53.6 Å². The van der Waals surface area contributed by atoms with E-state index in [0.717, 1.165) is 28.0 Å². The summed E-state index contributed by atoms with van der Waals surface area (Å²) >= 11 is 6.45. The Morgan fingerprint density at radius 1 is 0.970 bits per heavy atom. The Hall–Kier alpha value is -3.31. The second-order valence-electron chi connectivity index (χ2n) is 8.15. The van der Waals surface area contributed by atoms with Crippen LogP contribution < -0.4 is 4.74 Å². The molecule has 33 heavy (non-hydrogen) atoms. The van der Waals surface area contributed by atoms with E-state index in [1.54, 1.807) is 30.2 Å². The van der Waals surface area contributed by atoms with Crippen LogP contribution in [0.3, 0.4) is 0 Å². The molecular weight excluding hydrogens is 438 g/mol. The lowest BCUT2D eigenvalue weighted by atomic mass is 10.00. The third-order valence-electron chi connectivity index (χ3n) is 6.15. The first-order valence-electron chi connectivity index (χ1n) is 10.8. The molecule has 6 heteroatoms. The van der Waals surface area contributed by atoms with Crippen molar-refractivity contribution >= 4 is 23.5 Å². The summed E-state index contributed by atoms with van der Waals surface area (Å²) in [6, 6.07) is 19.8. The van der Waals surface area contributed by atoms with E-state index in [0.29, 0.717) is 23.4 Å². The maximum atomic E-state index is 13.6. The van der Waals surface area contributed by atoms with E-state index >= 15 is 0 Å². The molecule has 1 heterocycles. The van der Waals surface area contributed by atoms with Crippen LogP contribution in [0.5, 0.6) is 5.75 Å². The molecular formula is C27H26ClNO4. The van der Waals surface area contributed by atoms with Gasteiger partial charge in [0.2, 0.25) is 0 Å². The lowest BCUT2D eigenvalue weighted by Gasteiger charge is -2.30. The van der Waals surface area contributed by atoms with Gasteiger partial charge in [-0.25, -0.2) is 4.79 Å². The molecule has 0 spiro atoms. The van der Waals surface area contributed by atoms with Gasteiger partial charge in [-0.15, -0.1) is 0 Å². The van der Waals surface area contributed by atoms with Crippen molar-refractivity contribution in [2.24, 2.45) is 0 Å². The fourth-order valence-corrected chi connectivity index (χ4v) is 4.76. The molecule has 3 aromatic rings. The van der Waals surface area contributed by atoms with Crippen LogP contribution in [0.1, 0.15) is 40.4 Å². The van der Waals surface area contributed by atoms with Gasteiger partial charge in [-0.2, -0.15) is 0 Å². The van der Waals surface area contributed by atoms with E-state index in [9.17, 15) is 9.59 Å². The Bertz CT molecular complexity index is 1170. The van der Waals surface area contributed by atoms with Gasteiger partial charge in [0, 0.05) is 16.1 Å².